The van der Waals surface area contributed by atoms with Crippen molar-refractivity contribution < 1.29 is 9.59 Å². The standard InChI is InChI=1S/C17H26N4O2/c1-11(22)18-14-8-13(9-14)15-10-16(21-20-15)19-17(23)12-6-4-2-3-5-7-12/h10,12-14H,2-9H2,1H3,(H,18,22)(H2,19,20,21,23). The van der Waals surface area contributed by atoms with E-state index in [0.29, 0.717) is 11.7 Å². The van der Waals surface area contributed by atoms with Gasteiger partial charge in [0.15, 0.2) is 5.82 Å². The van der Waals surface area contributed by atoms with Crippen molar-refractivity contribution in [1.82, 2.24) is 15.5 Å². The minimum atomic E-state index is 0.0226. The SMILES string of the molecule is CC(=O)NC1CC(c2cc(NC(=O)C3CCCCCC3)n[nH]2)C1. The van der Waals surface area contributed by atoms with Crippen molar-refractivity contribution in [2.24, 2.45) is 5.92 Å². The zero-order chi connectivity index (χ0) is 16.2. The van der Waals surface area contributed by atoms with Crippen LogP contribution in [-0.4, -0.2) is 28.1 Å². The Hall–Kier alpha value is -1.85. The number of aromatic amines is 1. The minimum Gasteiger partial charge on any atom is -0.354 e. The number of amides is 2. The van der Waals surface area contributed by atoms with Crippen LogP contribution in [0.4, 0.5) is 5.82 Å². The minimum absolute atomic E-state index is 0.0226. The monoisotopic (exact) mass is 318 g/mol. The van der Waals surface area contributed by atoms with Crippen molar-refractivity contribution in [3.63, 3.8) is 0 Å². The number of H-pyrrole nitrogens is 1. The molecule has 2 aliphatic carbocycles. The highest BCUT2D eigenvalue weighted by molar-refractivity contribution is 5.91. The van der Waals surface area contributed by atoms with E-state index >= 15 is 0 Å². The second kappa shape index (κ2) is 7.15. The fourth-order valence-corrected chi connectivity index (χ4v) is 3.66. The first-order valence-electron chi connectivity index (χ1n) is 8.75. The average Bonchev–Trinajstić information content (AvgIpc) is 2.74. The van der Waals surface area contributed by atoms with Gasteiger partial charge in [0.25, 0.3) is 0 Å². The van der Waals surface area contributed by atoms with E-state index in [9.17, 15) is 9.59 Å². The molecule has 2 fully saturated rings. The molecule has 1 aromatic rings. The van der Waals surface area contributed by atoms with E-state index in [1.807, 2.05) is 6.07 Å². The van der Waals surface area contributed by atoms with Gasteiger partial charge in [-0.15, -0.1) is 0 Å². The van der Waals surface area contributed by atoms with Gasteiger partial charge in [-0.1, -0.05) is 25.7 Å². The van der Waals surface area contributed by atoms with E-state index in [2.05, 4.69) is 20.8 Å². The second-order valence-electron chi connectivity index (χ2n) is 6.95. The normalized spacial score (nSPS) is 25.3. The number of rotatable bonds is 4. The molecule has 0 atom stereocenters. The fourth-order valence-electron chi connectivity index (χ4n) is 3.66. The molecule has 2 amide bonds. The summed E-state index contributed by atoms with van der Waals surface area (Å²) >= 11 is 0. The number of carbonyl (C=O) groups excluding carboxylic acids is 2. The average molecular weight is 318 g/mol. The number of anilines is 1. The molecule has 1 heterocycles. The molecule has 0 aromatic carbocycles. The van der Waals surface area contributed by atoms with Crippen molar-refractivity contribution in [2.45, 2.75) is 70.3 Å². The van der Waals surface area contributed by atoms with Crippen molar-refractivity contribution in [3.8, 4) is 0 Å². The maximum Gasteiger partial charge on any atom is 0.228 e. The summed E-state index contributed by atoms with van der Waals surface area (Å²) in [6, 6.07) is 2.20. The number of aromatic nitrogens is 2. The molecule has 0 bridgehead atoms. The van der Waals surface area contributed by atoms with Crippen LogP contribution in [0.2, 0.25) is 0 Å². The smallest absolute Gasteiger partial charge is 0.228 e. The van der Waals surface area contributed by atoms with Crippen molar-refractivity contribution in [3.05, 3.63) is 11.8 Å². The van der Waals surface area contributed by atoms with Gasteiger partial charge in [0.1, 0.15) is 0 Å². The predicted octanol–water partition coefficient (Wildman–Crippen LogP) is 2.70. The first-order chi connectivity index (χ1) is 11.1. The highest BCUT2D eigenvalue weighted by Crippen LogP contribution is 2.36. The van der Waals surface area contributed by atoms with Crippen LogP contribution in [0.3, 0.4) is 0 Å². The lowest BCUT2D eigenvalue weighted by Gasteiger charge is -2.34. The molecule has 0 aliphatic heterocycles. The molecular formula is C17H26N4O2. The van der Waals surface area contributed by atoms with E-state index in [-0.39, 0.29) is 23.8 Å². The van der Waals surface area contributed by atoms with Crippen molar-refractivity contribution >= 4 is 17.6 Å². The molecule has 126 valence electrons. The zero-order valence-corrected chi connectivity index (χ0v) is 13.7. The molecule has 23 heavy (non-hydrogen) atoms. The van der Waals surface area contributed by atoms with E-state index in [0.717, 1.165) is 44.2 Å². The third kappa shape index (κ3) is 4.12. The Morgan fingerprint density at radius 2 is 1.87 bits per heavy atom. The van der Waals surface area contributed by atoms with E-state index in [4.69, 9.17) is 0 Å². The lowest BCUT2D eigenvalue weighted by molar-refractivity contribution is -0.121. The molecule has 6 heteroatoms. The predicted molar refractivity (Wildman–Crippen MR) is 88.0 cm³/mol. The Balaban J connectivity index is 1.49. The Morgan fingerprint density at radius 3 is 2.52 bits per heavy atom. The summed E-state index contributed by atoms with van der Waals surface area (Å²) in [5.74, 6) is 1.27. The molecular weight excluding hydrogens is 292 g/mol. The summed E-state index contributed by atoms with van der Waals surface area (Å²) in [7, 11) is 0. The summed E-state index contributed by atoms with van der Waals surface area (Å²) in [4.78, 5) is 23.4. The first kappa shape index (κ1) is 16.0. The maximum absolute atomic E-state index is 12.3. The molecule has 3 N–H and O–H groups in total. The van der Waals surface area contributed by atoms with Crippen LogP contribution in [0.5, 0.6) is 0 Å². The zero-order valence-electron chi connectivity index (χ0n) is 13.7. The Bertz CT molecular complexity index is 555. The summed E-state index contributed by atoms with van der Waals surface area (Å²) in [6.45, 7) is 1.55. The van der Waals surface area contributed by atoms with Gasteiger partial charge in [0.05, 0.1) is 0 Å². The maximum atomic E-state index is 12.3. The van der Waals surface area contributed by atoms with Crippen molar-refractivity contribution in [2.75, 3.05) is 5.32 Å². The van der Waals surface area contributed by atoms with Gasteiger partial charge < -0.3 is 10.6 Å². The van der Waals surface area contributed by atoms with Gasteiger partial charge in [-0.2, -0.15) is 5.10 Å². The lowest BCUT2D eigenvalue weighted by Crippen LogP contribution is -2.42. The summed E-state index contributed by atoms with van der Waals surface area (Å²) in [5.41, 5.74) is 1.04. The van der Waals surface area contributed by atoms with E-state index in [1.54, 1.807) is 6.92 Å². The molecule has 0 unspecified atom stereocenters. The quantitative estimate of drug-likeness (QED) is 0.746. The molecule has 0 saturated heterocycles. The van der Waals surface area contributed by atoms with Crippen LogP contribution in [0.25, 0.3) is 0 Å². The first-order valence-corrected chi connectivity index (χ1v) is 8.75. The van der Waals surface area contributed by atoms with Crippen LogP contribution >= 0.6 is 0 Å². The molecule has 3 rings (SSSR count). The molecule has 0 spiro atoms. The number of carbonyl (C=O) groups is 2. The Kier molecular flexibility index (Phi) is 4.98. The Morgan fingerprint density at radius 1 is 1.17 bits per heavy atom. The second-order valence-corrected chi connectivity index (χ2v) is 6.95. The topological polar surface area (TPSA) is 86.9 Å². The third-order valence-corrected chi connectivity index (χ3v) is 5.06. The molecule has 2 saturated carbocycles. The summed E-state index contributed by atoms with van der Waals surface area (Å²) in [5, 5.41) is 13.1. The number of nitrogens with one attached hydrogen (secondary N) is 3. The highest BCUT2D eigenvalue weighted by atomic mass is 16.2. The summed E-state index contributed by atoms with van der Waals surface area (Å²) in [6.07, 6.45) is 8.62. The molecule has 1 aromatic heterocycles. The van der Waals surface area contributed by atoms with Crippen molar-refractivity contribution in [1.29, 1.82) is 0 Å². The number of hydrogen-bond donors (Lipinski definition) is 3. The lowest BCUT2D eigenvalue weighted by atomic mass is 9.78. The van der Waals surface area contributed by atoms with Gasteiger partial charge in [-0.3, -0.25) is 14.7 Å². The van der Waals surface area contributed by atoms with Gasteiger partial charge in [-0.05, 0) is 25.7 Å². The van der Waals surface area contributed by atoms with Crippen LogP contribution in [-0.2, 0) is 9.59 Å². The highest BCUT2D eigenvalue weighted by Gasteiger charge is 2.32. The number of hydrogen-bond acceptors (Lipinski definition) is 3. The third-order valence-electron chi connectivity index (χ3n) is 5.06. The van der Waals surface area contributed by atoms with Crippen LogP contribution in [0.15, 0.2) is 6.07 Å². The Labute approximate surface area is 136 Å². The largest absolute Gasteiger partial charge is 0.354 e. The molecule has 2 aliphatic rings. The number of nitrogens with zero attached hydrogens (tertiary/aromatic N) is 1. The van der Waals surface area contributed by atoms with E-state index < -0.39 is 0 Å². The van der Waals surface area contributed by atoms with Gasteiger partial charge >= 0.3 is 0 Å². The van der Waals surface area contributed by atoms with Gasteiger partial charge in [0, 0.05) is 36.6 Å². The van der Waals surface area contributed by atoms with Gasteiger partial charge in [0.2, 0.25) is 11.8 Å². The van der Waals surface area contributed by atoms with Gasteiger partial charge in [-0.25, -0.2) is 0 Å². The molecule has 0 radical (unpaired) electrons. The summed E-state index contributed by atoms with van der Waals surface area (Å²) < 4.78 is 0. The van der Waals surface area contributed by atoms with Crippen LogP contribution < -0.4 is 10.6 Å². The van der Waals surface area contributed by atoms with Crippen LogP contribution in [0.1, 0.15) is 69.9 Å². The molecule has 6 nitrogen and oxygen atoms in total. The van der Waals surface area contributed by atoms with Crippen LogP contribution in [0, 0.1) is 5.92 Å². The van der Waals surface area contributed by atoms with E-state index in [1.165, 1.54) is 12.8 Å². The fraction of sp³-hybridized carbons (Fsp3) is 0.706.